The molecule has 0 bridgehead atoms. The molecule has 0 aromatic carbocycles. The summed E-state index contributed by atoms with van der Waals surface area (Å²) in [5, 5.41) is 22.4. The molecule has 1 atom stereocenters. The number of H-pyrrole nitrogens is 1. The second-order valence-electron chi connectivity index (χ2n) is 3.34. The van der Waals surface area contributed by atoms with Crippen LogP contribution in [0.25, 0.3) is 0 Å². The maximum absolute atomic E-state index is 13.2. The average molecular weight is 275 g/mol. The SMILES string of the molecule is O=C(O)C[C@@](O)(c1ncn[nH]1)C(F)(F)C(F)(F)F. The largest absolute Gasteiger partial charge is 0.481 e. The molecule has 0 unspecified atom stereocenters. The van der Waals surface area contributed by atoms with E-state index in [0.29, 0.717) is 6.33 Å². The predicted octanol–water partition coefficient (Wildman–Crippen LogP) is 0.665. The molecule has 18 heavy (non-hydrogen) atoms. The summed E-state index contributed by atoms with van der Waals surface area (Å²) in [5.74, 6) is -9.05. The van der Waals surface area contributed by atoms with Crippen LogP contribution in [0, 0.1) is 0 Å². The van der Waals surface area contributed by atoms with Gasteiger partial charge in [0.15, 0.2) is 5.82 Å². The van der Waals surface area contributed by atoms with Crippen molar-refractivity contribution in [3.8, 4) is 0 Å². The fourth-order valence-corrected chi connectivity index (χ4v) is 1.20. The molecule has 0 radical (unpaired) electrons. The highest BCUT2D eigenvalue weighted by Crippen LogP contribution is 2.49. The molecular formula is C7H6F5N3O3. The van der Waals surface area contributed by atoms with Crippen LogP contribution >= 0.6 is 0 Å². The summed E-state index contributed by atoms with van der Waals surface area (Å²) in [7, 11) is 0. The Morgan fingerprint density at radius 2 is 1.89 bits per heavy atom. The average Bonchev–Trinajstić information content (AvgIpc) is 2.66. The minimum atomic E-state index is -6.15. The van der Waals surface area contributed by atoms with Crippen LogP contribution in [-0.4, -0.2) is 43.5 Å². The number of nitrogens with zero attached hydrogens (tertiary/aromatic N) is 2. The zero-order valence-corrected chi connectivity index (χ0v) is 8.37. The minimum absolute atomic E-state index is 0.564. The molecule has 0 aliphatic heterocycles. The molecule has 1 heterocycles. The Bertz CT molecular complexity index is 432. The molecule has 0 saturated heterocycles. The quantitative estimate of drug-likeness (QED) is 0.701. The van der Waals surface area contributed by atoms with Gasteiger partial charge in [0.1, 0.15) is 6.33 Å². The standard InChI is InChI=1S/C7H6F5N3O3/c8-6(9,7(10,11)12)5(18,1-3(16)17)4-13-2-14-15-4/h2,18H,1H2,(H,16,17)(H,13,14,15)/t5-/m1/s1. The van der Waals surface area contributed by atoms with E-state index in [2.05, 4.69) is 10.1 Å². The van der Waals surface area contributed by atoms with Gasteiger partial charge >= 0.3 is 18.1 Å². The van der Waals surface area contributed by atoms with E-state index in [4.69, 9.17) is 5.11 Å². The number of halogens is 5. The van der Waals surface area contributed by atoms with Crippen LogP contribution in [0.2, 0.25) is 0 Å². The van der Waals surface area contributed by atoms with Crippen molar-refractivity contribution in [1.29, 1.82) is 0 Å². The third-order valence-corrected chi connectivity index (χ3v) is 2.09. The van der Waals surface area contributed by atoms with Gasteiger partial charge in [0.2, 0.25) is 5.60 Å². The van der Waals surface area contributed by atoms with Crippen molar-refractivity contribution >= 4 is 5.97 Å². The lowest BCUT2D eigenvalue weighted by molar-refractivity contribution is -0.348. The number of hydrogen-bond donors (Lipinski definition) is 3. The summed E-state index contributed by atoms with van der Waals surface area (Å²) in [6.45, 7) is 0. The summed E-state index contributed by atoms with van der Waals surface area (Å²) >= 11 is 0. The maximum Gasteiger partial charge on any atom is 0.456 e. The second kappa shape index (κ2) is 4.15. The molecule has 1 rings (SSSR count). The number of hydrogen-bond acceptors (Lipinski definition) is 4. The van der Waals surface area contributed by atoms with E-state index in [-0.39, 0.29) is 0 Å². The fourth-order valence-electron chi connectivity index (χ4n) is 1.20. The van der Waals surface area contributed by atoms with E-state index in [9.17, 15) is 31.9 Å². The van der Waals surface area contributed by atoms with Gasteiger partial charge in [-0.3, -0.25) is 9.89 Å². The molecule has 1 aromatic heterocycles. The van der Waals surface area contributed by atoms with Crippen molar-refractivity contribution in [2.75, 3.05) is 0 Å². The number of carboxylic acid groups (broad SMARTS) is 1. The molecule has 0 aliphatic carbocycles. The van der Waals surface area contributed by atoms with Gasteiger partial charge in [-0.2, -0.15) is 27.1 Å². The molecule has 0 amide bonds. The molecular weight excluding hydrogens is 269 g/mol. The van der Waals surface area contributed by atoms with E-state index in [1.165, 1.54) is 0 Å². The van der Waals surface area contributed by atoms with Crippen molar-refractivity contribution in [2.24, 2.45) is 0 Å². The summed E-state index contributed by atoms with van der Waals surface area (Å²) in [4.78, 5) is 13.3. The lowest BCUT2D eigenvalue weighted by atomic mass is 9.90. The van der Waals surface area contributed by atoms with Gasteiger partial charge < -0.3 is 10.2 Å². The van der Waals surface area contributed by atoms with Crippen LogP contribution in [0.1, 0.15) is 12.2 Å². The second-order valence-corrected chi connectivity index (χ2v) is 3.34. The Morgan fingerprint density at radius 3 is 2.22 bits per heavy atom. The highest BCUT2D eigenvalue weighted by atomic mass is 19.4. The van der Waals surface area contributed by atoms with Gasteiger partial charge in [0, 0.05) is 0 Å². The van der Waals surface area contributed by atoms with Crippen LogP contribution in [0.3, 0.4) is 0 Å². The van der Waals surface area contributed by atoms with E-state index < -0.39 is 35.9 Å². The Hall–Kier alpha value is -1.78. The topological polar surface area (TPSA) is 99.1 Å². The number of aliphatic carboxylic acids is 1. The number of aliphatic hydroxyl groups is 1. The molecule has 0 spiro atoms. The first kappa shape index (κ1) is 14.3. The highest BCUT2D eigenvalue weighted by molar-refractivity contribution is 5.68. The van der Waals surface area contributed by atoms with Gasteiger partial charge in [-0.25, -0.2) is 4.98 Å². The molecule has 0 fully saturated rings. The Morgan fingerprint density at radius 1 is 1.33 bits per heavy atom. The number of aromatic nitrogens is 3. The Labute approximate surface area is 95.5 Å². The molecule has 0 aliphatic rings. The Balaban J connectivity index is 3.34. The van der Waals surface area contributed by atoms with Gasteiger partial charge in [-0.05, 0) is 0 Å². The lowest BCUT2D eigenvalue weighted by Crippen LogP contribution is -2.56. The molecule has 0 saturated carbocycles. The van der Waals surface area contributed by atoms with Crippen molar-refractivity contribution < 1.29 is 37.0 Å². The number of alkyl halides is 5. The normalized spacial score (nSPS) is 16.3. The van der Waals surface area contributed by atoms with Gasteiger partial charge in [-0.15, -0.1) is 0 Å². The first-order valence-electron chi connectivity index (χ1n) is 4.27. The number of rotatable bonds is 4. The monoisotopic (exact) mass is 275 g/mol. The number of aromatic amines is 1. The third-order valence-electron chi connectivity index (χ3n) is 2.09. The molecule has 11 heteroatoms. The van der Waals surface area contributed by atoms with E-state index in [0.717, 1.165) is 0 Å². The number of nitrogens with one attached hydrogen (secondary N) is 1. The third kappa shape index (κ3) is 2.12. The minimum Gasteiger partial charge on any atom is -0.481 e. The van der Waals surface area contributed by atoms with Gasteiger partial charge in [0.05, 0.1) is 6.42 Å². The number of carbonyl (C=O) groups is 1. The highest BCUT2D eigenvalue weighted by Gasteiger charge is 2.72. The van der Waals surface area contributed by atoms with Crippen LogP contribution < -0.4 is 0 Å². The Kier molecular flexibility index (Phi) is 3.30. The van der Waals surface area contributed by atoms with Gasteiger partial charge in [0.25, 0.3) is 0 Å². The zero-order valence-electron chi connectivity index (χ0n) is 8.37. The van der Waals surface area contributed by atoms with E-state index >= 15 is 0 Å². The smallest absolute Gasteiger partial charge is 0.456 e. The fraction of sp³-hybridized carbons (Fsp3) is 0.571. The van der Waals surface area contributed by atoms with Crippen molar-refractivity contribution in [2.45, 2.75) is 24.1 Å². The van der Waals surface area contributed by atoms with Gasteiger partial charge in [-0.1, -0.05) is 0 Å². The van der Waals surface area contributed by atoms with E-state index in [1.807, 2.05) is 0 Å². The molecule has 3 N–H and O–H groups in total. The van der Waals surface area contributed by atoms with Crippen LogP contribution in [0.15, 0.2) is 6.33 Å². The summed E-state index contributed by atoms with van der Waals surface area (Å²) in [6.07, 6.45) is -7.48. The first-order chi connectivity index (χ1) is 8.02. The summed E-state index contributed by atoms with van der Waals surface area (Å²) < 4.78 is 63.0. The molecule has 1 aromatic rings. The molecule has 6 nitrogen and oxygen atoms in total. The maximum atomic E-state index is 13.2. The summed E-state index contributed by atoms with van der Waals surface area (Å²) in [6, 6.07) is 0. The summed E-state index contributed by atoms with van der Waals surface area (Å²) in [5.41, 5.74) is -4.06. The van der Waals surface area contributed by atoms with Crippen LogP contribution in [0.4, 0.5) is 22.0 Å². The zero-order chi connectivity index (χ0) is 14.2. The van der Waals surface area contributed by atoms with Crippen molar-refractivity contribution in [3.63, 3.8) is 0 Å². The lowest BCUT2D eigenvalue weighted by Gasteiger charge is -2.33. The van der Waals surface area contributed by atoms with Crippen molar-refractivity contribution in [1.82, 2.24) is 15.2 Å². The van der Waals surface area contributed by atoms with Crippen LogP contribution in [0.5, 0.6) is 0 Å². The first-order valence-corrected chi connectivity index (χ1v) is 4.27. The molecule has 102 valence electrons. The predicted molar refractivity (Wildman–Crippen MR) is 43.5 cm³/mol. The van der Waals surface area contributed by atoms with E-state index in [1.54, 1.807) is 5.10 Å². The van der Waals surface area contributed by atoms with Crippen LogP contribution in [-0.2, 0) is 10.4 Å². The van der Waals surface area contributed by atoms with Crippen molar-refractivity contribution in [3.05, 3.63) is 12.2 Å². The number of carboxylic acids is 1.